The van der Waals surface area contributed by atoms with E-state index in [1.165, 1.54) is 37.9 Å². The Balaban J connectivity index is 0.488. The molecule has 6 amide bonds. The van der Waals surface area contributed by atoms with E-state index in [2.05, 4.69) is 170 Å². The van der Waals surface area contributed by atoms with E-state index in [0.29, 0.717) is 122 Å². The van der Waals surface area contributed by atoms with Gasteiger partial charge in [-0.2, -0.15) is 0 Å². The number of aliphatic hydroxyl groups excluding tert-OH is 8. The van der Waals surface area contributed by atoms with Gasteiger partial charge in [-0.15, -0.1) is 0 Å². The predicted octanol–water partition coefficient (Wildman–Crippen LogP) is 18.3. The molecule has 16 saturated carbocycles. The molecule has 4 aromatic carbocycles. The zero-order valence-electron chi connectivity index (χ0n) is 87.8. The van der Waals surface area contributed by atoms with Crippen LogP contribution in [0.5, 0.6) is 0 Å². The van der Waals surface area contributed by atoms with E-state index in [1.807, 2.05) is 0 Å². The second-order valence-electron chi connectivity index (χ2n) is 54.6. The topological polar surface area (TPSA) is 336 Å². The van der Waals surface area contributed by atoms with E-state index < -0.39 is 65.7 Å². The van der Waals surface area contributed by atoms with Crippen LogP contribution in [0.1, 0.15) is 345 Å². The Kier molecular flexibility index (Phi) is 27.6. The molecule has 778 valence electrons. The minimum atomic E-state index is -0.861. The van der Waals surface area contributed by atoms with Crippen molar-refractivity contribution in [3.05, 3.63) is 60.2 Å². The molecule has 4 aromatic rings. The number of hydrogen-bond donors (Lipinski definition) is 14. The van der Waals surface area contributed by atoms with Crippen molar-refractivity contribution in [1.29, 1.82) is 0 Å². The highest BCUT2D eigenvalue weighted by Gasteiger charge is 2.72. The van der Waals surface area contributed by atoms with Gasteiger partial charge in [0.05, 0.1) is 48.8 Å². The molecule has 16 saturated heterocycles. The fraction of sp³-hybridized carbons (Fsp3) is 0.818. The number of amides is 6. The summed E-state index contributed by atoms with van der Waals surface area (Å²) in [5.74, 6) is 3.09. The van der Waals surface area contributed by atoms with Crippen molar-refractivity contribution in [2.75, 3.05) is 6.54 Å². The molecule has 20 nitrogen and oxygen atoms in total. The Bertz CT molecular complexity index is 5250. The maximum atomic E-state index is 15.2. The highest BCUT2D eigenvalue weighted by atomic mass is 16.3. The lowest BCUT2D eigenvalue weighted by Gasteiger charge is -2.64. The monoisotopic (exact) mass is 1940 g/mol. The Morgan fingerprint density at radius 1 is 0.333 bits per heavy atom. The van der Waals surface area contributed by atoms with Gasteiger partial charge in [0, 0.05) is 62.8 Å². The highest BCUT2D eigenvalue weighted by molar-refractivity contribution is 6.23. The number of carbonyl (C=O) groups is 6. The van der Waals surface area contributed by atoms with Crippen molar-refractivity contribution in [2.24, 2.45) is 185 Å². The number of rotatable bonds is 8. The molecule has 0 aromatic heterocycles. The molecule has 16 heterocycles. The van der Waals surface area contributed by atoms with E-state index in [0.717, 1.165) is 141 Å². The average Bonchev–Trinajstić information content (AvgIpc) is 1.60. The van der Waals surface area contributed by atoms with Crippen LogP contribution in [0.3, 0.4) is 0 Å². The molecule has 14 N–H and O–H groups in total. The van der Waals surface area contributed by atoms with Crippen LogP contribution in [0.4, 0.5) is 0 Å². The quantitative estimate of drug-likeness (QED) is 0.0576. The number of aryl methyl sites for hydroxylation is 1. The highest BCUT2D eigenvalue weighted by Crippen LogP contribution is 2.75. The van der Waals surface area contributed by atoms with Gasteiger partial charge in [-0.3, -0.25) is 28.8 Å². The molecule has 36 rings (SSSR count). The maximum absolute atomic E-state index is 15.2. The van der Waals surface area contributed by atoms with Gasteiger partial charge >= 0.3 is 0 Å². The maximum Gasteiger partial charge on any atom is 0.242 e. The molecule has 0 spiro atoms. The fourth-order valence-corrected chi connectivity index (χ4v) is 41.2. The summed E-state index contributed by atoms with van der Waals surface area (Å²) in [7, 11) is 0. The normalized spacial score (nSPS) is 49.8. The molecule has 32 fully saturated rings. The molecular weight excluding hydrogens is 1760 g/mol. The summed E-state index contributed by atoms with van der Waals surface area (Å²) >= 11 is 0. The van der Waals surface area contributed by atoms with Crippen molar-refractivity contribution < 1.29 is 69.6 Å². The number of aliphatic hydroxyl groups is 8. The van der Waals surface area contributed by atoms with Crippen LogP contribution in [-0.4, -0.2) is 162 Å². The van der Waals surface area contributed by atoms with Crippen LogP contribution in [0.2, 0.25) is 0 Å². The summed E-state index contributed by atoms with van der Waals surface area (Å²) in [5.41, 5.74) is -0.905. The zero-order valence-corrected chi connectivity index (χ0v) is 87.8. The smallest absolute Gasteiger partial charge is 0.242 e. The third-order valence-electron chi connectivity index (χ3n) is 49.1. The van der Waals surface area contributed by atoms with Crippen LogP contribution in [0.25, 0.3) is 32.3 Å². The minimum Gasteiger partial charge on any atom is -0.393 e. The van der Waals surface area contributed by atoms with Crippen LogP contribution < -0.4 is 31.9 Å². The molecule has 16 aliphatic carbocycles. The van der Waals surface area contributed by atoms with Crippen LogP contribution >= 0.6 is 0 Å². The van der Waals surface area contributed by atoms with Gasteiger partial charge in [-0.1, -0.05) is 138 Å². The first-order valence-corrected chi connectivity index (χ1v) is 58.0. The number of carbonyl (C=O) groups excluding carboxylic acids is 6. The number of nitrogens with one attached hydrogen (secondary N) is 6. The van der Waals surface area contributed by atoms with Crippen molar-refractivity contribution in [3.8, 4) is 0 Å². The second kappa shape index (κ2) is 38.5. The number of benzene rings is 4. The van der Waals surface area contributed by atoms with Crippen LogP contribution in [0, 0.1) is 185 Å². The lowest BCUT2D eigenvalue weighted by atomic mass is 9.43. The molecule has 0 unspecified atom stereocenters. The molecule has 20 heteroatoms. The van der Waals surface area contributed by atoms with Crippen molar-refractivity contribution in [2.45, 2.75) is 425 Å². The first kappa shape index (κ1) is 101. The Labute approximate surface area is 841 Å². The second-order valence-corrected chi connectivity index (χ2v) is 54.6. The van der Waals surface area contributed by atoms with Crippen molar-refractivity contribution >= 4 is 67.8 Å². The summed E-state index contributed by atoms with van der Waals surface area (Å²) in [6.07, 6.45) is 25.1. The summed E-state index contributed by atoms with van der Waals surface area (Å²) in [6.45, 7) is 28.3. The summed E-state index contributed by atoms with van der Waals surface area (Å²) in [4.78, 5) is 86.9. The minimum absolute atomic E-state index is 0.00363. The summed E-state index contributed by atoms with van der Waals surface area (Å²) in [5, 5.41) is 130. The Morgan fingerprint density at radius 3 is 0.986 bits per heavy atom. The first-order valence-electron chi connectivity index (χ1n) is 58.0. The Morgan fingerprint density at radius 2 is 0.638 bits per heavy atom. The molecular formula is C121H180N6O14. The lowest BCUT2D eigenvalue weighted by molar-refractivity contribution is -0.203. The van der Waals surface area contributed by atoms with Gasteiger partial charge < -0.3 is 72.8 Å². The van der Waals surface area contributed by atoms with Crippen molar-refractivity contribution in [1.82, 2.24) is 31.9 Å². The Hall–Kier alpha value is -5.58. The molecule has 32 aliphatic rings. The molecule has 141 heavy (non-hydrogen) atoms. The van der Waals surface area contributed by atoms with Gasteiger partial charge in [0.1, 0.15) is 6.04 Å². The molecule has 0 radical (unpaired) electrons. The van der Waals surface area contributed by atoms with Gasteiger partial charge in [-0.05, 0) is 454 Å². The SMILES string of the molecule is C[C@@H]1CCC(=O)N[C@@H]2CC[C@@]3(C)[C@H](C2)C[C@@H](O)[C@@H]2[C@@H]3C[C@H](O)[C@]3(C)[C@H](CC[C@@H]23)[C@H](C)CCC(=O)N[C@@H](CCCNC(=O)CCCc2ccc3ccc4cccc5ccc2c3c45)C(=O)N[C@@H]2CC[C@@]3(C)[C@H](C2)C[C@@H](O)[C@@H]2[C@@H]3C[C@H](O)[C@]3(C)[C@H](CC[C@@H]23)[C@H](C)CCC(=O)N[C@@H]2CC[C@@]3(C)[C@H](C2)C[C@@H](O)[C@@H]2[C@@H]3C[C@H](O)[C@]3(C)[C@H](CC[C@@H]23)[C@H](C)CCC(=O)N[C@@H]2CC[C@@]3(C)[C@H](C2)C[C@@H](O)[C@@H]2[C@@H]3C[C@H](O)[C@]3(C)[C@@H]1CC[C@@H]23. The van der Waals surface area contributed by atoms with Crippen LogP contribution in [0.15, 0.2) is 54.6 Å². The van der Waals surface area contributed by atoms with Gasteiger partial charge in [-0.25, -0.2) is 0 Å². The van der Waals surface area contributed by atoms with Crippen molar-refractivity contribution in [3.63, 3.8) is 0 Å². The lowest BCUT2D eigenvalue weighted by Crippen LogP contribution is -2.63. The van der Waals surface area contributed by atoms with E-state index in [4.69, 9.17) is 0 Å². The van der Waals surface area contributed by atoms with E-state index >= 15 is 4.79 Å². The summed E-state index contributed by atoms with van der Waals surface area (Å²) < 4.78 is 0. The van der Waals surface area contributed by atoms with E-state index in [9.17, 15) is 64.8 Å². The first-order chi connectivity index (χ1) is 67.2. The van der Waals surface area contributed by atoms with Crippen LogP contribution in [-0.2, 0) is 35.2 Å². The fourth-order valence-electron chi connectivity index (χ4n) is 41.2. The predicted molar refractivity (Wildman–Crippen MR) is 551 cm³/mol. The molecule has 16 aliphatic heterocycles. The van der Waals surface area contributed by atoms with Gasteiger partial charge in [0.2, 0.25) is 35.4 Å². The summed E-state index contributed by atoms with van der Waals surface area (Å²) in [6, 6.07) is 18.6. The van der Waals surface area contributed by atoms with Gasteiger partial charge in [0.15, 0.2) is 0 Å². The standard InChI is InChI=1S/C121H180N6O14/c1-64-21-39-103(137)123-76-43-47-114(5)72(52-76)56-94(128)109-85-36-32-82(119(85,10)98(132)60-89(109)114)65(2)22-40-104(138)125-78-45-49-116(7)74(54-78)58-96(130)111-87-38-34-84(121(87,12)100(134)62-91(111)116)67(4)24-42-106(140)127-93(19-15-51-122-102(136)20-14-16-68-25-26-71-28-27-69-17-13-18-70-29-30-80(68)108(71)107(69)70)113(141)126-79-46-50-117(8)75(55-79)59-97(131)112-88-37-33-83(120(88,11)101(135)63-92(112)117)66(3)23-41-105(139)124-77-44-48-115(6)73(53-77)57-95(129)110-86-35-31-81(64)118(86,9)99(133)61-90(110)115/h13,17-18,25-30,64-67,72-79,81-101,109-112,128-135H,14-16,19-24,31-63H2,1-12H3,(H,122,136)(H,123,137)(H,124,139)(H,125,138)(H,126,141)(H,127,140)/t64-,65-,66-,67-,72-,73-,74-,75-,76-,77-,78-,79-,81-,82-,83-,84-,85+,86+,87+,88+,89+,90+,91+,92+,93+,94-,95-,96-,97-,98+,99+,100+,101+,109+,110+,111+,112+,114+,115+,116+,117+,118-,119-,120-,121-/m1/s1. The number of hydrogen-bond acceptors (Lipinski definition) is 14. The zero-order chi connectivity index (χ0) is 99.2. The van der Waals surface area contributed by atoms with E-state index in [-0.39, 0.29) is 241 Å². The third kappa shape index (κ3) is 17.0. The average molecular weight is 1940 g/mol. The third-order valence-corrected chi connectivity index (χ3v) is 49.1. The van der Waals surface area contributed by atoms with Gasteiger partial charge in [0.25, 0.3) is 0 Å². The largest absolute Gasteiger partial charge is 0.393 e. The van der Waals surface area contributed by atoms with E-state index in [1.54, 1.807) is 0 Å². The molecule has 45 atom stereocenters. The molecule has 32 bridgehead atoms.